The molecule has 4 rings (SSSR count). The third-order valence-electron chi connectivity index (χ3n) is 6.35. The van der Waals surface area contributed by atoms with Crippen LogP contribution >= 0.6 is 23.1 Å². The van der Waals surface area contributed by atoms with Crippen LogP contribution in [-0.4, -0.2) is 54.2 Å². The van der Waals surface area contributed by atoms with Crippen molar-refractivity contribution in [1.82, 2.24) is 19.0 Å². The lowest BCUT2D eigenvalue weighted by Crippen LogP contribution is -2.38. The van der Waals surface area contributed by atoms with Crippen molar-refractivity contribution < 1.29 is 13.2 Å². The monoisotopic (exact) mass is 536 g/mol. The molecule has 10 heteroatoms. The number of thiazole rings is 1. The Morgan fingerprint density at radius 2 is 1.91 bits per heavy atom. The maximum Gasteiger partial charge on any atom is 0.240 e. The Kier molecular flexibility index (Phi) is 8.48. The molecule has 1 aromatic carbocycles. The molecule has 0 unspecified atom stereocenters. The van der Waals surface area contributed by atoms with Crippen LogP contribution in [0.2, 0.25) is 0 Å². The average molecular weight is 537 g/mol. The number of thioether (sulfide) groups is 1. The number of imidazole rings is 1. The number of piperidine rings is 1. The molecule has 0 atom stereocenters. The fraction of sp³-hybridized carbons (Fsp3) is 0.560. The zero-order valence-electron chi connectivity index (χ0n) is 21.2. The summed E-state index contributed by atoms with van der Waals surface area (Å²) < 4.78 is 36.7. The number of rotatable bonds is 10. The molecule has 35 heavy (non-hydrogen) atoms. The van der Waals surface area contributed by atoms with Gasteiger partial charge in [-0.25, -0.2) is 18.1 Å². The van der Waals surface area contributed by atoms with E-state index in [0.717, 1.165) is 59.3 Å². The number of benzene rings is 1. The van der Waals surface area contributed by atoms with Crippen molar-refractivity contribution in [3.63, 3.8) is 0 Å². The van der Waals surface area contributed by atoms with Gasteiger partial charge in [0.15, 0.2) is 4.96 Å². The van der Waals surface area contributed by atoms with Crippen LogP contribution in [-0.2, 0) is 16.6 Å². The second-order valence-electron chi connectivity index (χ2n) is 9.48. The van der Waals surface area contributed by atoms with Crippen molar-refractivity contribution in [1.29, 1.82) is 0 Å². The van der Waals surface area contributed by atoms with Crippen molar-refractivity contribution in [2.24, 2.45) is 5.92 Å². The predicted octanol–water partition coefficient (Wildman–Crippen LogP) is 5.10. The minimum absolute atomic E-state index is 0.309. The van der Waals surface area contributed by atoms with Crippen molar-refractivity contribution in [3.05, 3.63) is 40.5 Å². The summed E-state index contributed by atoms with van der Waals surface area (Å²) in [5, 5.41) is 3.70. The maximum atomic E-state index is 13.0. The normalized spacial score (nSPS) is 15.9. The van der Waals surface area contributed by atoms with Gasteiger partial charge < -0.3 is 4.74 Å². The number of hydrogen-bond donors (Lipinski definition) is 1. The molecule has 0 saturated carbocycles. The van der Waals surface area contributed by atoms with Gasteiger partial charge in [-0.3, -0.25) is 9.30 Å². The van der Waals surface area contributed by atoms with E-state index in [0.29, 0.717) is 29.2 Å². The highest BCUT2D eigenvalue weighted by molar-refractivity contribution is 7.99. The number of aryl methyl sites for hydroxylation is 2. The van der Waals surface area contributed by atoms with Crippen LogP contribution in [0.5, 0.6) is 5.75 Å². The van der Waals surface area contributed by atoms with E-state index in [2.05, 4.69) is 39.4 Å². The van der Waals surface area contributed by atoms with Gasteiger partial charge in [-0.2, -0.15) is 0 Å². The summed E-state index contributed by atoms with van der Waals surface area (Å²) in [4.78, 5) is 8.67. The van der Waals surface area contributed by atoms with Crippen LogP contribution in [0.3, 0.4) is 0 Å². The zero-order valence-corrected chi connectivity index (χ0v) is 23.7. The minimum atomic E-state index is -3.56. The Morgan fingerprint density at radius 3 is 2.54 bits per heavy atom. The van der Waals surface area contributed by atoms with Crippen molar-refractivity contribution >= 4 is 38.1 Å². The summed E-state index contributed by atoms with van der Waals surface area (Å²) >= 11 is 3.49. The average Bonchev–Trinajstić information content (AvgIpc) is 3.38. The molecule has 1 aliphatic heterocycles. The number of nitrogens with one attached hydrogen (secondary N) is 1. The van der Waals surface area contributed by atoms with E-state index in [9.17, 15) is 8.42 Å². The van der Waals surface area contributed by atoms with Crippen molar-refractivity contribution in [2.75, 3.05) is 26.2 Å². The van der Waals surface area contributed by atoms with Gasteiger partial charge in [-0.05, 0) is 75.9 Å². The Hall–Kier alpha value is -1.59. The molecule has 0 aliphatic carbocycles. The second kappa shape index (κ2) is 11.2. The van der Waals surface area contributed by atoms with Gasteiger partial charge in [0.25, 0.3) is 0 Å². The number of sulfonamides is 1. The van der Waals surface area contributed by atoms with Crippen LogP contribution in [0.4, 0.5) is 0 Å². The first-order valence-corrected chi connectivity index (χ1v) is 15.5. The highest BCUT2D eigenvalue weighted by Gasteiger charge is 2.25. The fourth-order valence-electron chi connectivity index (χ4n) is 4.58. The largest absolute Gasteiger partial charge is 0.493 e. The molecule has 0 bridgehead atoms. The molecule has 1 aliphatic rings. The van der Waals surface area contributed by atoms with E-state index >= 15 is 0 Å². The molecule has 1 saturated heterocycles. The van der Waals surface area contributed by atoms with E-state index in [1.54, 1.807) is 23.5 Å². The van der Waals surface area contributed by atoms with Crippen LogP contribution in [0, 0.1) is 19.8 Å². The van der Waals surface area contributed by atoms with Gasteiger partial charge in [-0.1, -0.05) is 13.8 Å². The molecule has 1 N–H and O–H groups in total. The van der Waals surface area contributed by atoms with E-state index < -0.39 is 10.0 Å². The molecule has 1 fully saturated rings. The maximum absolute atomic E-state index is 13.0. The summed E-state index contributed by atoms with van der Waals surface area (Å²) in [6.07, 6.45) is 4.06. The van der Waals surface area contributed by atoms with E-state index in [1.807, 2.05) is 32.5 Å². The zero-order chi connectivity index (χ0) is 25.2. The van der Waals surface area contributed by atoms with Gasteiger partial charge >= 0.3 is 0 Å². The summed E-state index contributed by atoms with van der Waals surface area (Å²) in [7, 11) is -3.56. The lowest BCUT2D eigenvalue weighted by Gasteiger charge is -2.32. The topological polar surface area (TPSA) is 75.9 Å². The quantitative estimate of drug-likeness (QED) is 0.363. The van der Waals surface area contributed by atoms with Crippen molar-refractivity contribution in [2.45, 2.75) is 69.2 Å². The second-order valence-corrected chi connectivity index (χ2v) is 13.7. The predicted molar refractivity (Wildman–Crippen MR) is 144 cm³/mol. The number of nitrogens with zero attached hydrogens (tertiary/aromatic N) is 3. The van der Waals surface area contributed by atoms with Crippen LogP contribution in [0.1, 0.15) is 50.4 Å². The molecule has 7 nitrogen and oxygen atoms in total. The molecule has 3 heterocycles. The smallest absolute Gasteiger partial charge is 0.240 e. The molecule has 2 aromatic heterocycles. The Balaban J connectivity index is 1.34. The summed E-state index contributed by atoms with van der Waals surface area (Å²) in [6.45, 7) is 13.9. The van der Waals surface area contributed by atoms with E-state index in [-0.39, 0.29) is 0 Å². The molecule has 0 spiro atoms. The van der Waals surface area contributed by atoms with E-state index in [4.69, 9.17) is 9.72 Å². The van der Waals surface area contributed by atoms with Crippen LogP contribution < -0.4 is 9.46 Å². The number of likely N-dealkylation sites (tertiary alicyclic amines) is 1. The first-order valence-electron chi connectivity index (χ1n) is 12.2. The summed E-state index contributed by atoms with van der Waals surface area (Å²) in [6, 6.07) is 3.40. The number of fused-ring (bicyclic) bond motifs is 1. The first kappa shape index (κ1) is 26.5. The molecular formula is C25H36N4O3S3. The van der Waals surface area contributed by atoms with Crippen LogP contribution in [0.25, 0.3) is 4.96 Å². The summed E-state index contributed by atoms with van der Waals surface area (Å²) in [5.41, 5.74) is 2.95. The van der Waals surface area contributed by atoms with Gasteiger partial charge in [0, 0.05) is 29.9 Å². The fourth-order valence-corrected chi connectivity index (χ4v) is 7.54. The summed E-state index contributed by atoms with van der Waals surface area (Å²) in [5.74, 6) is 1.11. The Labute approximate surface area is 217 Å². The van der Waals surface area contributed by atoms with Gasteiger partial charge in [0.2, 0.25) is 10.0 Å². The molecular weight excluding hydrogens is 501 g/mol. The standard InChI is InChI=1S/C25H36N4O3S3/c1-6-32-23-18(4)13-21(14-19(23)5)35(30,31)26-15-20-7-9-28(10-8-20)16-22-24(34-17(2)3)27-25-29(22)11-12-33-25/h11-14,17,20,26H,6-10,15-16H2,1-5H3. The lowest BCUT2D eigenvalue weighted by molar-refractivity contribution is 0.175. The number of aromatic nitrogens is 2. The molecule has 0 amide bonds. The first-order chi connectivity index (χ1) is 16.7. The lowest BCUT2D eigenvalue weighted by atomic mass is 9.97. The highest BCUT2D eigenvalue weighted by atomic mass is 32.2. The third-order valence-corrected chi connectivity index (χ3v) is 9.53. The van der Waals surface area contributed by atoms with Gasteiger partial charge in [-0.15, -0.1) is 23.1 Å². The van der Waals surface area contributed by atoms with Gasteiger partial charge in [0.05, 0.1) is 17.2 Å². The Bertz CT molecular complexity index is 1240. The Morgan fingerprint density at radius 1 is 1.23 bits per heavy atom. The minimum Gasteiger partial charge on any atom is -0.493 e. The van der Waals surface area contributed by atoms with E-state index in [1.165, 1.54) is 5.69 Å². The van der Waals surface area contributed by atoms with Crippen molar-refractivity contribution in [3.8, 4) is 5.75 Å². The SMILES string of the molecule is CCOc1c(C)cc(S(=O)(=O)NCC2CCN(Cc3c(SC(C)C)nc4sccn34)CC2)cc1C. The number of hydrogen-bond acceptors (Lipinski definition) is 7. The molecule has 3 aromatic rings. The number of ether oxygens (including phenoxy) is 1. The van der Waals surface area contributed by atoms with Crippen LogP contribution in [0.15, 0.2) is 33.6 Å². The highest BCUT2D eigenvalue weighted by Crippen LogP contribution is 2.31. The van der Waals surface area contributed by atoms with Gasteiger partial charge in [0.1, 0.15) is 10.8 Å². The third kappa shape index (κ3) is 6.22. The molecule has 0 radical (unpaired) electrons. The molecule has 192 valence electrons.